The van der Waals surface area contributed by atoms with Crippen LogP contribution in [0.25, 0.3) is 0 Å². The van der Waals surface area contributed by atoms with Crippen molar-refractivity contribution < 1.29 is 4.79 Å². The molecule has 1 aliphatic rings. The monoisotopic (exact) mass is 254 g/mol. The molecule has 0 spiro atoms. The number of rotatable bonds is 8. The fraction of sp³-hybridized carbons (Fsp3) is 0.933. The number of carbonyl (C=O) groups excluding carboxylic acids is 1. The maximum absolute atomic E-state index is 12.4. The molecule has 2 N–H and O–H groups in total. The van der Waals surface area contributed by atoms with Crippen LogP contribution in [0.5, 0.6) is 0 Å². The zero-order valence-corrected chi connectivity index (χ0v) is 12.5. The topological polar surface area (TPSA) is 46.3 Å². The van der Waals surface area contributed by atoms with Gasteiger partial charge in [0, 0.05) is 19.0 Å². The highest BCUT2D eigenvalue weighted by molar-refractivity contribution is 5.76. The van der Waals surface area contributed by atoms with Gasteiger partial charge >= 0.3 is 0 Å². The molecule has 0 aromatic heterocycles. The molecule has 1 rings (SSSR count). The third kappa shape index (κ3) is 5.38. The standard InChI is InChI=1S/C15H30N2O/c1-11(2)7-14(9-16)8-15(18)17(12(3)4)10-13-5-6-13/h11-14H,5-10,16H2,1-4H3. The summed E-state index contributed by atoms with van der Waals surface area (Å²) in [4.78, 5) is 14.4. The summed E-state index contributed by atoms with van der Waals surface area (Å²) >= 11 is 0. The van der Waals surface area contributed by atoms with Crippen molar-refractivity contribution in [2.24, 2.45) is 23.5 Å². The van der Waals surface area contributed by atoms with Gasteiger partial charge in [-0.15, -0.1) is 0 Å². The van der Waals surface area contributed by atoms with Crippen molar-refractivity contribution in [3.05, 3.63) is 0 Å². The van der Waals surface area contributed by atoms with Crippen LogP contribution >= 0.6 is 0 Å². The summed E-state index contributed by atoms with van der Waals surface area (Å²) in [5.41, 5.74) is 5.79. The summed E-state index contributed by atoms with van der Waals surface area (Å²) in [7, 11) is 0. The van der Waals surface area contributed by atoms with Gasteiger partial charge in [-0.25, -0.2) is 0 Å². The Morgan fingerprint density at radius 1 is 1.28 bits per heavy atom. The van der Waals surface area contributed by atoms with Gasteiger partial charge in [0.15, 0.2) is 0 Å². The van der Waals surface area contributed by atoms with Crippen LogP contribution in [0.15, 0.2) is 0 Å². The second-order valence-corrected chi connectivity index (χ2v) is 6.52. The van der Waals surface area contributed by atoms with Crippen LogP contribution in [0.2, 0.25) is 0 Å². The van der Waals surface area contributed by atoms with E-state index in [0.29, 0.717) is 36.8 Å². The third-order valence-corrected chi connectivity index (χ3v) is 3.70. The van der Waals surface area contributed by atoms with Gasteiger partial charge in [-0.2, -0.15) is 0 Å². The fourth-order valence-electron chi connectivity index (χ4n) is 2.47. The Morgan fingerprint density at radius 2 is 1.89 bits per heavy atom. The number of hydrogen-bond donors (Lipinski definition) is 1. The van der Waals surface area contributed by atoms with Crippen molar-refractivity contribution in [1.29, 1.82) is 0 Å². The SMILES string of the molecule is CC(C)CC(CN)CC(=O)N(CC1CC1)C(C)C. The number of nitrogens with two attached hydrogens (primary N) is 1. The first-order chi connectivity index (χ1) is 8.43. The van der Waals surface area contributed by atoms with E-state index >= 15 is 0 Å². The van der Waals surface area contributed by atoms with Crippen molar-refractivity contribution in [3.63, 3.8) is 0 Å². The molecule has 0 bridgehead atoms. The second kappa shape index (κ2) is 7.13. The summed E-state index contributed by atoms with van der Waals surface area (Å²) in [5, 5.41) is 0. The maximum atomic E-state index is 12.4. The fourth-order valence-corrected chi connectivity index (χ4v) is 2.47. The Bertz CT molecular complexity index is 259. The first-order valence-electron chi connectivity index (χ1n) is 7.43. The molecule has 1 saturated carbocycles. The number of hydrogen-bond acceptors (Lipinski definition) is 2. The summed E-state index contributed by atoms with van der Waals surface area (Å²) < 4.78 is 0. The summed E-state index contributed by atoms with van der Waals surface area (Å²) in [5.74, 6) is 2.02. The van der Waals surface area contributed by atoms with Gasteiger partial charge in [0.05, 0.1) is 0 Å². The van der Waals surface area contributed by atoms with E-state index < -0.39 is 0 Å². The van der Waals surface area contributed by atoms with E-state index in [1.807, 2.05) is 0 Å². The van der Waals surface area contributed by atoms with Gasteiger partial charge < -0.3 is 10.6 Å². The molecule has 0 aliphatic heterocycles. The predicted molar refractivity (Wildman–Crippen MR) is 76.2 cm³/mol. The quantitative estimate of drug-likeness (QED) is 0.724. The minimum Gasteiger partial charge on any atom is -0.340 e. The Balaban J connectivity index is 2.47. The largest absolute Gasteiger partial charge is 0.340 e. The van der Waals surface area contributed by atoms with Crippen LogP contribution in [-0.2, 0) is 4.79 Å². The van der Waals surface area contributed by atoms with Gasteiger partial charge in [0.1, 0.15) is 0 Å². The molecular formula is C15H30N2O. The number of carbonyl (C=O) groups is 1. The Labute approximate surface area is 112 Å². The zero-order chi connectivity index (χ0) is 13.7. The minimum absolute atomic E-state index is 0.299. The van der Waals surface area contributed by atoms with E-state index in [1.54, 1.807) is 0 Å². The molecule has 0 saturated heterocycles. The summed E-state index contributed by atoms with van der Waals surface area (Å²) in [6, 6.07) is 0.315. The highest BCUT2D eigenvalue weighted by Gasteiger charge is 2.29. The van der Waals surface area contributed by atoms with E-state index in [1.165, 1.54) is 12.8 Å². The van der Waals surface area contributed by atoms with Gasteiger partial charge in [0.2, 0.25) is 5.91 Å². The van der Waals surface area contributed by atoms with Crippen LogP contribution in [0.3, 0.4) is 0 Å². The molecule has 18 heavy (non-hydrogen) atoms. The maximum Gasteiger partial charge on any atom is 0.223 e. The van der Waals surface area contributed by atoms with Crippen LogP contribution in [-0.4, -0.2) is 29.9 Å². The smallest absolute Gasteiger partial charge is 0.223 e. The van der Waals surface area contributed by atoms with Crippen LogP contribution in [0.4, 0.5) is 0 Å². The Kier molecular flexibility index (Phi) is 6.13. The highest BCUT2D eigenvalue weighted by atomic mass is 16.2. The lowest BCUT2D eigenvalue weighted by Gasteiger charge is -2.29. The molecule has 1 amide bonds. The second-order valence-electron chi connectivity index (χ2n) is 6.52. The average Bonchev–Trinajstić information content (AvgIpc) is 3.07. The Morgan fingerprint density at radius 3 is 2.28 bits per heavy atom. The lowest BCUT2D eigenvalue weighted by molar-refractivity contribution is -0.134. The predicted octanol–water partition coefficient (Wildman–Crippen LogP) is 2.64. The van der Waals surface area contributed by atoms with Crippen LogP contribution < -0.4 is 5.73 Å². The zero-order valence-electron chi connectivity index (χ0n) is 12.5. The molecule has 1 unspecified atom stereocenters. The van der Waals surface area contributed by atoms with Crippen LogP contribution in [0.1, 0.15) is 53.4 Å². The molecular weight excluding hydrogens is 224 g/mol. The van der Waals surface area contributed by atoms with Gasteiger partial charge in [-0.3, -0.25) is 4.79 Å². The molecule has 0 aromatic rings. The molecule has 0 radical (unpaired) electrons. The van der Waals surface area contributed by atoms with E-state index in [2.05, 4.69) is 32.6 Å². The number of nitrogens with zero attached hydrogens (tertiary/aromatic N) is 1. The van der Waals surface area contributed by atoms with E-state index in [9.17, 15) is 4.79 Å². The molecule has 1 fully saturated rings. The first-order valence-corrected chi connectivity index (χ1v) is 7.43. The van der Waals surface area contributed by atoms with Gasteiger partial charge in [-0.1, -0.05) is 13.8 Å². The van der Waals surface area contributed by atoms with Crippen molar-refractivity contribution in [2.45, 2.75) is 59.4 Å². The summed E-state index contributed by atoms with van der Waals surface area (Å²) in [6.45, 7) is 10.2. The first kappa shape index (κ1) is 15.5. The average molecular weight is 254 g/mol. The normalized spacial score (nSPS) is 17.3. The molecule has 3 nitrogen and oxygen atoms in total. The van der Waals surface area contributed by atoms with E-state index in [0.717, 1.165) is 18.9 Å². The summed E-state index contributed by atoms with van der Waals surface area (Å²) in [6.07, 6.45) is 4.27. The highest BCUT2D eigenvalue weighted by Crippen LogP contribution is 2.30. The van der Waals surface area contributed by atoms with Crippen molar-refractivity contribution in [1.82, 2.24) is 4.90 Å². The molecule has 3 heteroatoms. The van der Waals surface area contributed by atoms with Crippen LogP contribution in [0, 0.1) is 17.8 Å². The lowest BCUT2D eigenvalue weighted by Crippen LogP contribution is -2.40. The van der Waals surface area contributed by atoms with Crippen molar-refractivity contribution >= 4 is 5.91 Å². The molecule has 1 atom stereocenters. The van der Waals surface area contributed by atoms with Gasteiger partial charge in [-0.05, 0) is 57.4 Å². The molecule has 0 heterocycles. The molecule has 106 valence electrons. The lowest BCUT2D eigenvalue weighted by atomic mass is 9.93. The van der Waals surface area contributed by atoms with E-state index in [4.69, 9.17) is 5.73 Å². The van der Waals surface area contributed by atoms with Crippen molar-refractivity contribution in [2.75, 3.05) is 13.1 Å². The Hall–Kier alpha value is -0.570. The third-order valence-electron chi connectivity index (χ3n) is 3.70. The van der Waals surface area contributed by atoms with Gasteiger partial charge in [0.25, 0.3) is 0 Å². The molecule has 0 aromatic carbocycles. The minimum atomic E-state index is 0.299. The van der Waals surface area contributed by atoms with E-state index in [-0.39, 0.29) is 0 Å². The molecule has 1 aliphatic carbocycles. The number of amides is 1. The van der Waals surface area contributed by atoms with Crippen molar-refractivity contribution in [3.8, 4) is 0 Å².